The van der Waals surface area contributed by atoms with Crippen molar-refractivity contribution in [3.05, 3.63) is 20.3 Å². The van der Waals surface area contributed by atoms with E-state index in [2.05, 4.69) is 48.1 Å². The Morgan fingerprint density at radius 3 is 2.71 bits per heavy atom. The molecule has 1 heterocycles. The molecule has 0 saturated heterocycles. The van der Waals surface area contributed by atoms with E-state index in [1.54, 1.807) is 0 Å². The largest absolute Gasteiger partial charge is 0.309 e. The van der Waals surface area contributed by atoms with E-state index in [1.165, 1.54) is 33.5 Å². The van der Waals surface area contributed by atoms with Crippen molar-refractivity contribution in [2.45, 2.75) is 46.1 Å². The maximum atomic E-state index is 3.74. The summed E-state index contributed by atoms with van der Waals surface area (Å²) in [5, 5.41) is 3.74. The molecule has 0 aromatic carbocycles. The summed E-state index contributed by atoms with van der Waals surface area (Å²) >= 11 is 5.65. The summed E-state index contributed by atoms with van der Waals surface area (Å²) in [6, 6.07) is 2.79. The highest BCUT2D eigenvalue weighted by molar-refractivity contribution is 9.10. The standard InChI is InChI=1S/C14H22BrNS/c1-4-7-16-13(10(3)11-5-6-11)14-12(15)8-9(2)17-14/h8,10-11,13,16H,4-7H2,1-3H3. The van der Waals surface area contributed by atoms with E-state index in [0.29, 0.717) is 6.04 Å². The highest BCUT2D eigenvalue weighted by Crippen LogP contribution is 2.45. The van der Waals surface area contributed by atoms with Gasteiger partial charge in [-0.15, -0.1) is 11.3 Å². The van der Waals surface area contributed by atoms with Crippen LogP contribution in [0.5, 0.6) is 0 Å². The zero-order valence-electron chi connectivity index (χ0n) is 10.9. The first-order valence-electron chi connectivity index (χ1n) is 6.62. The first-order chi connectivity index (χ1) is 8.13. The second-order valence-electron chi connectivity index (χ2n) is 5.20. The lowest BCUT2D eigenvalue weighted by Gasteiger charge is -2.24. The minimum atomic E-state index is 0.538. The van der Waals surface area contributed by atoms with Crippen molar-refractivity contribution in [2.24, 2.45) is 11.8 Å². The molecule has 1 aromatic heterocycles. The van der Waals surface area contributed by atoms with Crippen LogP contribution in [0.3, 0.4) is 0 Å². The molecule has 2 unspecified atom stereocenters. The third-order valence-electron chi connectivity index (χ3n) is 3.62. The Morgan fingerprint density at radius 1 is 1.53 bits per heavy atom. The van der Waals surface area contributed by atoms with Gasteiger partial charge < -0.3 is 5.32 Å². The Bertz CT molecular complexity index is 370. The van der Waals surface area contributed by atoms with E-state index in [4.69, 9.17) is 0 Å². The van der Waals surface area contributed by atoms with Gasteiger partial charge in [0, 0.05) is 20.3 Å². The fraction of sp³-hybridized carbons (Fsp3) is 0.714. The van der Waals surface area contributed by atoms with Gasteiger partial charge in [0.2, 0.25) is 0 Å². The molecule has 1 fully saturated rings. The Labute approximate surface area is 117 Å². The number of hydrogen-bond donors (Lipinski definition) is 1. The van der Waals surface area contributed by atoms with Gasteiger partial charge in [0.25, 0.3) is 0 Å². The Morgan fingerprint density at radius 2 is 2.24 bits per heavy atom. The van der Waals surface area contributed by atoms with E-state index < -0.39 is 0 Å². The summed E-state index contributed by atoms with van der Waals surface area (Å²) in [6.07, 6.45) is 4.05. The Hall–Kier alpha value is 0.140. The van der Waals surface area contributed by atoms with Gasteiger partial charge in [0.05, 0.1) is 0 Å². The molecule has 1 nitrogen and oxygen atoms in total. The van der Waals surface area contributed by atoms with Gasteiger partial charge in [-0.3, -0.25) is 0 Å². The highest BCUT2D eigenvalue weighted by atomic mass is 79.9. The minimum Gasteiger partial charge on any atom is -0.309 e. The quantitative estimate of drug-likeness (QED) is 0.786. The molecule has 0 spiro atoms. The molecule has 1 saturated carbocycles. The van der Waals surface area contributed by atoms with Gasteiger partial charge in [-0.1, -0.05) is 13.8 Å². The van der Waals surface area contributed by atoms with Crippen LogP contribution in [0.15, 0.2) is 10.5 Å². The third-order valence-corrected chi connectivity index (χ3v) is 5.68. The zero-order chi connectivity index (χ0) is 12.4. The molecule has 1 aliphatic carbocycles. The van der Waals surface area contributed by atoms with Gasteiger partial charge in [-0.2, -0.15) is 0 Å². The molecule has 96 valence electrons. The number of nitrogens with one attached hydrogen (secondary N) is 1. The van der Waals surface area contributed by atoms with Gasteiger partial charge in [-0.05, 0) is 66.6 Å². The zero-order valence-corrected chi connectivity index (χ0v) is 13.3. The van der Waals surface area contributed by atoms with Crippen LogP contribution in [0.2, 0.25) is 0 Å². The second-order valence-corrected chi connectivity index (χ2v) is 7.34. The molecule has 0 radical (unpaired) electrons. The molecular formula is C14H22BrNS. The molecular weight excluding hydrogens is 294 g/mol. The monoisotopic (exact) mass is 315 g/mol. The molecule has 1 aromatic rings. The summed E-state index contributed by atoms with van der Waals surface area (Å²) in [7, 11) is 0. The van der Waals surface area contributed by atoms with Crippen molar-refractivity contribution in [1.29, 1.82) is 0 Å². The van der Waals surface area contributed by atoms with Gasteiger partial charge in [0.1, 0.15) is 0 Å². The molecule has 1 N–H and O–H groups in total. The van der Waals surface area contributed by atoms with Crippen LogP contribution in [-0.2, 0) is 0 Å². The maximum absolute atomic E-state index is 3.74. The second kappa shape index (κ2) is 5.85. The van der Waals surface area contributed by atoms with E-state index in [1.807, 2.05) is 11.3 Å². The fourth-order valence-electron chi connectivity index (χ4n) is 2.42. The van der Waals surface area contributed by atoms with Crippen molar-refractivity contribution < 1.29 is 0 Å². The summed E-state index contributed by atoms with van der Waals surface area (Å²) in [5.74, 6) is 1.70. The van der Waals surface area contributed by atoms with Crippen LogP contribution in [0.4, 0.5) is 0 Å². The molecule has 1 aliphatic rings. The Balaban J connectivity index is 2.15. The smallest absolute Gasteiger partial charge is 0.0454 e. The normalized spacial score (nSPS) is 19.3. The number of rotatable bonds is 6. The van der Waals surface area contributed by atoms with Crippen molar-refractivity contribution in [2.75, 3.05) is 6.54 Å². The number of aryl methyl sites for hydroxylation is 1. The average Bonchev–Trinajstić information content (AvgIpc) is 3.06. The predicted octanol–water partition coefficient (Wildman–Crippen LogP) is 4.91. The number of halogens is 1. The van der Waals surface area contributed by atoms with Crippen molar-refractivity contribution in [1.82, 2.24) is 5.32 Å². The fourth-order valence-corrected chi connectivity index (χ4v) is 4.51. The average molecular weight is 316 g/mol. The number of thiophene rings is 1. The molecule has 0 amide bonds. The number of hydrogen-bond acceptors (Lipinski definition) is 2. The molecule has 0 bridgehead atoms. The summed E-state index contributed by atoms with van der Waals surface area (Å²) in [5.41, 5.74) is 0. The summed E-state index contributed by atoms with van der Waals surface area (Å²) < 4.78 is 1.29. The Kier molecular flexibility index (Phi) is 4.67. The van der Waals surface area contributed by atoms with Crippen molar-refractivity contribution in [3.63, 3.8) is 0 Å². The van der Waals surface area contributed by atoms with E-state index in [0.717, 1.165) is 18.4 Å². The van der Waals surface area contributed by atoms with Gasteiger partial charge in [-0.25, -0.2) is 0 Å². The lowest BCUT2D eigenvalue weighted by molar-refractivity contribution is 0.353. The van der Waals surface area contributed by atoms with Crippen LogP contribution in [0, 0.1) is 18.8 Å². The SMILES string of the molecule is CCCNC(c1sc(C)cc1Br)C(C)C1CC1. The third kappa shape index (κ3) is 3.33. The first-order valence-corrected chi connectivity index (χ1v) is 8.23. The van der Waals surface area contributed by atoms with Crippen LogP contribution >= 0.6 is 27.3 Å². The lowest BCUT2D eigenvalue weighted by Crippen LogP contribution is -2.28. The molecule has 17 heavy (non-hydrogen) atoms. The molecule has 3 heteroatoms. The summed E-state index contributed by atoms with van der Waals surface area (Å²) in [4.78, 5) is 2.90. The molecule has 2 rings (SSSR count). The van der Waals surface area contributed by atoms with Crippen LogP contribution < -0.4 is 5.32 Å². The van der Waals surface area contributed by atoms with E-state index in [-0.39, 0.29) is 0 Å². The van der Waals surface area contributed by atoms with Crippen molar-refractivity contribution in [3.8, 4) is 0 Å². The highest BCUT2D eigenvalue weighted by Gasteiger charge is 2.35. The van der Waals surface area contributed by atoms with Gasteiger partial charge in [0.15, 0.2) is 0 Å². The van der Waals surface area contributed by atoms with E-state index >= 15 is 0 Å². The lowest BCUT2D eigenvalue weighted by atomic mass is 9.95. The maximum Gasteiger partial charge on any atom is 0.0454 e. The minimum absolute atomic E-state index is 0.538. The van der Waals surface area contributed by atoms with Crippen molar-refractivity contribution >= 4 is 27.3 Å². The van der Waals surface area contributed by atoms with Gasteiger partial charge >= 0.3 is 0 Å². The predicted molar refractivity (Wildman–Crippen MR) is 79.7 cm³/mol. The topological polar surface area (TPSA) is 12.0 Å². The molecule has 2 atom stereocenters. The summed E-state index contributed by atoms with van der Waals surface area (Å²) in [6.45, 7) is 7.95. The van der Waals surface area contributed by atoms with Crippen LogP contribution in [0.25, 0.3) is 0 Å². The van der Waals surface area contributed by atoms with E-state index in [9.17, 15) is 0 Å². The molecule has 0 aliphatic heterocycles. The van der Waals surface area contributed by atoms with Crippen LogP contribution in [-0.4, -0.2) is 6.54 Å². The first kappa shape index (κ1) is 13.6. The van der Waals surface area contributed by atoms with Crippen LogP contribution in [0.1, 0.15) is 48.9 Å².